The van der Waals surface area contributed by atoms with E-state index >= 15 is 0 Å². The van der Waals surface area contributed by atoms with E-state index < -0.39 is 0 Å². The topological polar surface area (TPSA) is 61.4 Å². The molecule has 5 heteroatoms. The Morgan fingerprint density at radius 1 is 1.32 bits per heavy atom. The molecule has 1 heterocycles. The fourth-order valence-electron chi connectivity index (χ4n) is 4.78. The van der Waals surface area contributed by atoms with E-state index in [-0.39, 0.29) is 18.0 Å². The molecule has 3 aliphatic rings. The molecule has 1 saturated carbocycles. The molecular formula is C20H27N3O2. The minimum absolute atomic E-state index is 0.0795. The molecule has 1 aromatic rings. The smallest absolute Gasteiger partial charge is 0.315 e. The van der Waals surface area contributed by atoms with E-state index in [9.17, 15) is 9.59 Å². The van der Waals surface area contributed by atoms with Gasteiger partial charge in [0.2, 0.25) is 5.91 Å². The monoisotopic (exact) mass is 341 g/mol. The first-order chi connectivity index (χ1) is 12.1. The minimum atomic E-state index is -0.0934. The maximum Gasteiger partial charge on any atom is 0.315 e. The van der Waals surface area contributed by atoms with Crippen LogP contribution in [0.2, 0.25) is 0 Å². The van der Waals surface area contributed by atoms with Gasteiger partial charge in [-0.05, 0) is 42.7 Å². The van der Waals surface area contributed by atoms with Crippen molar-refractivity contribution in [2.75, 3.05) is 19.6 Å². The lowest BCUT2D eigenvalue weighted by Crippen LogP contribution is -2.44. The van der Waals surface area contributed by atoms with E-state index in [0.717, 1.165) is 19.5 Å². The van der Waals surface area contributed by atoms with Crippen molar-refractivity contribution < 1.29 is 9.59 Å². The second-order valence-corrected chi connectivity index (χ2v) is 7.75. The molecule has 134 valence electrons. The number of rotatable bonds is 4. The summed E-state index contributed by atoms with van der Waals surface area (Å²) >= 11 is 0. The van der Waals surface area contributed by atoms with E-state index in [2.05, 4.69) is 34.9 Å². The van der Waals surface area contributed by atoms with Crippen molar-refractivity contribution in [1.29, 1.82) is 0 Å². The average Bonchev–Trinajstić information content (AvgIpc) is 2.94. The second kappa shape index (κ2) is 6.36. The summed E-state index contributed by atoms with van der Waals surface area (Å²) in [6.07, 6.45) is 4.95. The lowest BCUT2D eigenvalue weighted by Gasteiger charge is -2.17. The predicted octanol–water partition coefficient (Wildman–Crippen LogP) is 2.20. The van der Waals surface area contributed by atoms with Crippen LogP contribution in [0.3, 0.4) is 0 Å². The summed E-state index contributed by atoms with van der Waals surface area (Å²) < 4.78 is 0. The summed E-state index contributed by atoms with van der Waals surface area (Å²) in [7, 11) is 0. The van der Waals surface area contributed by atoms with Crippen LogP contribution in [0.1, 0.15) is 43.7 Å². The first-order valence-electron chi connectivity index (χ1n) is 9.53. The molecule has 1 aliphatic heterocycles. The Kier molecular flexibility index (Phi) is 4.18. The van der Waals surface area contributed by atoms with E-state index in [1.54, 1.807) is 0 Å². The Hall–Kier alpha value is -2.04. The lowest BCUT2D eigenvalue weighted by atomic mass is 9.95. The van der Waals surface area contributed by atoms with Crippen LogP contribution in [0.5, 0.6) is 0 Å². The number of urea groups is 1. The Balaban J connectivity index is 1.24. The van der Waals surface area contributed by atoms with Gasteiger partial charge in [0.25, 0.3) is 0 Å². The highest BCUT2D eigenvalue weighted by molar-refractivity contribution is 5.77. The number of hydrogen-bond donors (Lipinski definition) is 2. The molecule has 3 amide bonds. The molecule has 1 saturated heterocycles. The third kappa shape index (κ3) is 3.00. The van der Waals surface area contributed by atoms with Crippen molar-refractivity contribution in [3.8, 4) is 0 Å². The van der Waals surface area contributed by atoms with Gasteiger partial charge in [-0.25, -0.2) is 4.79 Å². The molecule has 4 rings (SSSR count). The van der Waals surface area contributed by atoms with Crippen molar-refractivity contribution in [2.24, 2.45) is 5.92 Å². The van der Waals surface area contributed by atoms with Gasteiger partial charge in [0.1, 0.15) is 0 Å². The summed E-state index contributed by atoms with van der Waals surface area (Å²) in [6, 6.07) is 8.74. The summed E-state index contributed by atoms with van der Waals surface area (Å²) in [5.74, 6) is 0.730. The molecule has 2 fully saturated rings. The van der Waals surface area contributed by atoms with Gasteiger partial charge in [0, 0.05) is 37.5 Å². The fraction of sp³-hybridized carbons (Fsp3) is 0.600. The van der Waals surface area contributed by atoms with Gasteiger partial charge >= 0.3 is 6.03 Å². The third-order valence-corrected chi connectivity index (χ3v) is 6.31. The zero-order valence-electron chi connectivity index (χ0n) is 14.9. The number of nitrogens with zero attached hydrogens (tertiary/aromatic N) is 1. The van der Waals surface area contributed by atoms with Gasteiger partial charge < -0.3 is 15.5 Å². The summed E-state index contributed by atoms with van der Waals surface area (Å²) in [5.41, 5.74) is 3.31. The highest BCUT2D eigenvalue weighted by Crippen LogP contribution is 2.61. The van der Waals surface area contributed by atoms with Crippen molar-refractivity contribution in [1.82, 2.24) is 15.5 Å². The molecule has 1 spiro atoms. The zero-order chi connectivity index (χ0) is 17.4. The standard InChI is InChI=1S/C20H27N3O2/c1-2-18(24)23-10-8-16(13-23)22-19(25)21-12-15-11-20(15)9-7-14-5-3-4-6-17(14)20/h3-6,15-16H,2,7-13H2,1H3,(H2,21,22,25)/t15-,16-,20+/m0/s1. The lowest BCUT2D eigenvalue weighted by molar-refractivity contribution is -0.129. The van der Waals surface area contributed by atoms with Gasteiger partial charge in [-0.1, -0.05) is 31.2 Å². The second-order valence-electron chi connectivity index (χ2n) is 7.75. The highest BCUT2D eigenvalue weighted by atomic mass is 16.2. The van der Waals surface area contributed by atoms with Crippen molar-refractivity contribution in [2.45, 2.75) is 50.5 Å². The summed E-state index contributed by atoms with van der Waals surface area (Å²) in [5, 5.41) is 6.08. The molecule has 25 heavy (non-hydrogen) atoms. The van der Waals surface area contributed by atoms with E-state index in [1.165, 1.54) is 30.4 Å². The van der Waals surface area contributed by atoms with Crippen LogP contribution in [0.25, 0.3) is 0 Å². The molecule has 1 aromatic carbocycles. The molecule has 0 bridgehead atoms. The maximum atomic E-state index is 12.2. The number of fused-ring (bicyclic) bond motifs is 2. The van der Waals surface area contributed by atoms with Gasteiger partial charge in [-0.3, -0.25) is 4.79 Å². The number of nitrogens with one attached hydrogen (secondary N) is 2. The van der Waals surface area contributed by atoms with Gasteiger partial charge in [0.05, 0.1) is 0 Å². The molecule has 0 radical (unpaired) electrons. The van der Waals surface area contributed by atoms with Crippen LogP contribution in [0.4, 0.5) is 4.79 Å². The Morgan fingerprint density at radius 2 is 2.16 bits per heavy atom. The Bertz CT molecular complexity index is 689. The van der Waals surface area contributed by atoms with Gasteiger partial charge in [-0.15, -0.1) is 0 Å². The van der Waals surface area contributed by atoms with Crippen LogP contribution in [-0.2, 0) is 16.6 Å². The highest BCUT2D eigenvalue weighted by Gasteiger charge is 2.57. The number of carbonyl (C=O) groups is 2. The number of benzene rings is 1. The number of likely N-dealkylation sites (tertiary alicyclic amines) is 1. The van der Waals surface area contributed by atoms with E-state index in [1.807, 2.05) is 11.8 Å². The van der Waals surface area contributed by atoms with E-state index in [0.29, 0.717) is 24.3 Å². The molecular weight excluding hydrogens is 314 g/mol. The van der Waals surface area contributed by atoms with Crippen molar-refractivity contribution in [3.63, 3.8) is 0 Å². The largest absolute Gasteiger partial charge is 0.341 e. The summed E-state index contributed by atoms with van der Waals surface area (Å²) in [4.78, 5) is 25.8. The normalized spacial score (nSPS) is 29.6. The first-order valence-corrected chi connectivity index (χ1v) is 9.53. The SMILES string of the molecule is CCC(=O)N1CC[C@H](NC(=O)NC[C@@H]2C[C@]23CCc2ccccc23)C1. The molecule has 2 aliphatic carbocycles. The molecule has 2 N–H and O–H groups in total. The number of aryl methyl sites for hydroxylation is 1. The summed E-state index contributed by atoms with van der Waals surface area (Å²) in [6.45, 7) is 4.01. The molecule has 0 unspecified atom stereocenters. The maximum absolute atomic E-state index is 12.2. The Morgan fingerprint density at radius 3 is 3.00 bits per heavy atom. The van der Waals surface area contributed by atoms with Crippen LogP contribution >= 0.6 is 0 Å². The fourth-order valence-corrected chi connectivity index (χ4v) is 4.78. The van der Waals surface area contributed by atoms with E-state index in [4.69, 9.17) is 0 Å². The third-order valence-electron chi connectivity index (χ3n) is 6.31. The van der Waals surface area contributed by atoms with Crippen LogP contribution in [0, 0.1) is 5.92 Å². The molecule has 3 atom stereocenters. The first kappa shape index (κ1) is 16.4. The minimum Gasteiger partial charge on any atom is -0.341 e. The predicted molar refractivity (Wildman–Crippen MR) is 96.4 cm³/mol. The van der Waals surface area contributed by atoms with Gasteiger partial charge in [0.15, 0.2) is 0 Å². The Labute approximate surface area is 149 Å². The number of amides is 3. The number of carbonyl (C=O) groups excluding carboxylic acids is 2. The van der Waals surface area contributed by atoms with Crippen molar-refractivity contribution >= 4 is 11.9 Å². The van der Waals surface area contributed by atoms with Crippen LogP contribution < -0.4 is 10.6 Å². The van der Waals surface area contributed by atoms with Crippen LogP contribution in [0.15, 0.2) is 24.3 Å². The van der Waals surface area contributed by atoms with Crippen LogP contribution in [-0.4, -0.2) is 42.5 Å². The van der Waals surface area contributed by atoms with Gasteiger partial charge in [-0.2, -0.15) is 0 Å². The number of hydrogen-bond acceptors (Lipinski definition) is 2. The zero-order valence-corrected chi connectivity index (χ0v) is 14.9. The quantitative estimate of drug-likeness (QED) is 0.882. The average molecular weight is 341 g/mol. The molecule has 0 aromatic heterocycles. The van der Waals surface area contributed by atoms with Crippen molar-refractivity contribution in [3.05, 3.63) is 35.4 Å². The molecule has 5 nitrogen and oxygen atoms in total.